The number of hydrogen-bond donors (Lipinski definition) is 4. The number of esters is 7. The average molecular weight is 1880 g/mol. The number of ether oxygens (including phenoxy) is 22. The van der Waals surface area contributed by atoms with Gasteiger partial charge in [0.2, 0.25) is 17.7 Å². The summed E-state index contributed by atoms with van der Waals surface area (Å²) in [7, 11) is 3.17. The van der Waals surface area contributed by atoms with E-state index in [9.17, 15) is 52.7 Å². The summed E-state index contributed by atoms with van der Waals surface area (Å²) in [5, 5.41) is 12.4. The maximum atomic E-state index is 14.4. The fraction of sp³-hybridized carbons (Fsp3) is 0.698. The van der Waals surface area contributed by atoms with Crippen LogP contribution in [0.5, 0.6) is 11.5 Å². The summed E-state index contributed by atoms with van der Waals surface area (Å²) in [4.78, 5) is 139. The quantitative estimate of drug-likeness (QED) is 0.0180. The molecule has 0 radical (unpaired) electrons. The molecule has 0 spiro atoms. The van der Waals surface area contributed by atoms with Crippen molar-refractivity contribution in [2.75, 3.05) is 173 Å². The molecule has 16 atom stereocenters. The van der Waals surface area contributed by atoms with Crippen LogP contribution in [-0.2, 0) is 153 Å². The van der Waals surface area contributed by atoms with Gasteiger partial charge in [0.05, 0.1) is 176 Å². The minimum atomic E-state index is -1.33. The Labute approximate surface area is 781 Å². The lowest BCUT2D eigenvalue weighted by molar-refractivity contribution is -0.247. The van der Waals surface area contributed by atoms with Crippen LogP contribution in [0.4, 0.5) is 0 Å². The van der Waals surface area contributed by atoms with Gasteiger partial charge < -0.3 is 130 Å². The highest BCUT2D eigenvalue weighted by Gasteiger charge is 2.47. The molecular formula is C96H146N4O33. The number of nitrogens with one attached hydrogen (secondary N) is 4. The fourth-order valence-electron chi connectivity index (χ4n) is 15.8. The van der Waals surface area contributed by atoms with Gasteiger partial charge in [-0.05, 0) is 116 Å². The van der Waals surface area contributed by atoms with Crippen LogP contribution in [0.1, 0.15) is 171 Å². The Kier molecular flexibility index (Phi) is 52.5. The van der Waals surface area contributed by atoms with E-state index in [1.54, 1.807) is 14.2 Å². The van der Waals surface area contributed by atoms with Crippen LogP contribution in [0.2, 0.25) is 0 Å². The van der Waals surface area contributed by atoms with Gasteiger partial charge in [0.15, 0.2) is 18.9 Å². The first-order valence-corrected chi connectivity index (χ1v) is 46.1. The van der Waals surface area contributed by atoms with Crippen LogP contribution in [0.25, 0.3) is 0 Å². The molecule has 0 aromatic heterocycles. The van der Waals surface area contributed by atoms with Crippen LogP contribution >= 0.6 is 0 Å². The van der Waals surface area contributed by atoms with E-state index in [0.29, 0.717) is 30.8 Å². The van der Waals surface area contributed by atoms with Crippen LogP contribution in [0.3, 0.4) is 0 Å². The number of Topliss-reactive ketones (excluding diaryl/α,β-unsaturated/α-hetero) is 1. The lowest BCUT2D eigenvalue weighted by Gasteiger charge is -2.44. The van der Waals surface area contributed by atoms with E-state index in [4.69, 9.17) is 104 Å². The number of carbonyl (C=O) groups excluding carboxylic acids is 11. The van der Waals surface area contributed by atoms with E-state index in [-0.39, 0.29) is 262 Å². The number of hydrogen-bond acceptors (Lipinski definition) is 34. The number of benzene rings is 3. The standard InChI is InChI=1S/C96H146N4O33/c1-63(101)24-33-85(108)129-58-76(59-130-96(77-22-17-16-18-23-77,78-25-29-80(112-14)30-26-78)79-27-31-81(113-15)32-28-79)21-19-20-38-97-95(57-88(111)122-53-47-116-41-44-119-50-56-125-94-91(100-72(10)104)69(7)66(4)84(133-94)62-128-75(13)107,36-34-86(109)120-51-45-114-39-42-117-48-54-123-92-89(98-70(8)102)67(5)64(2)82(131-92)60-126-73(11)105)37-35-87(110)121-52-46-115-40-43-118-49-55-124-93-90(99-71(9)103)68(6)65(3)83(132-93)61-127-74(12)106/h16-18,22-23,25-32,64-69,76,82-84,89-94,97H,19-21,24,33-62H2,1-15H3,(H,98,102)(H,99,103)(H,100,104). The van der Waals surface area contributed by atoms with Crippen molar-refractivity contribution in [3.63, 3.8) is 0 Å². The summed E-state index contributed by atoms with van der Waals surface area (Å²) in [6.07, 6.45) is -3.65. The molecule has 0 aliphatic carbocycles. The van der Waals surface area contributed by atoms with Crippen molar-refractivity contribution in [1.82, 2.24) is 21.3 Å². The Hall–Kier alpha value is -8.93. The molecule has 0 saturated carbocycles. The molecule has 37 nitrogen and oxygen atoms in total. The molecule has 3 fully saturated rings. The molecule has 3 aliphatic heterocycles. The second kappa shape index (κ2) is 61.9. The summed E-state index contributed by atoms with van der Waals surface area (Å²) in [6.45, 7) is 22.5. The van der Waals surface area contributed by atoms with Crippen molar-refractivity contribution in [2.45, 2.75) is 221 Å². The first-order valence-electron chi connectivity index (χ1n) is 46.1. The van der Waals surface area contributed by atoms with E-state index in [1.807, 2.05) is 120 Å². The summed E-state index contributed by atoms with van der Waals surface area (Å²) >= 11 is 0. The van der Waals surface area contributed by atoms with Gasteiger partial charge in [0.1, 0.15) is 62.5 Å². The summed E-state index contributed by atoms with van der Waals surface area (Å²) < 4.78 is 129. The zero-order valence-corrected chi connectivity index (χ0v) is 80.3. The fourth-order valence-corrected chi connectivity index (χ4v) is 15.8. The Bertz CT molecular complexity index is 3780. The van der Waals surface area contributed by atoms with E-state index in [1.165, 1.54) is 48.5 Å². The van der Waals surface area contributed by atoms with E-state index in [2.05, 4.69) is 21.3 Å². The minimum absolute atomic E-state index is 0.000827. The van der Waals surface area contributed by atoms with Crippen LogP contribution in [0, 0.1) is 41.4 Å². The molecule has 16 unspecified atom stereocenters. The van der Waals surface area contributed by atoms with Gasteiger partial charge in [0.25, 0.3) is 0 Å². The molecular weight excluding hydrogens is 1740 g/mol. The topological polar surface area (TPSA) is 439 Å². The van der Waals surface area contributed by atoms with Crippen LogP contribution in [0.15, 0.2) is 78.9 Å². The maximum absolute atomic E-state index is 14.4. The number of rotatable bonds is 66. The molecule has 3 saturated heterocycles. The summed E-state index contributed by atoms with van der Waals surface area (Å²) in [6, 6.07) is 23.4. The van der Waals surface area contributed by atoms with Gasteiger partial charge in [0, 0.05) is 72.3 Å². The smallest absolute Gasteiger partial charge is 0.307 e. The van der Waals surface area contributed by atoms with Crippen molar-refractivity contribution in [1.29, 1.82) is 0 Å². The summed E-state index contributed by atoms with van der Waals surface area (Å²) in [5.41, 5.74) is -0.221. The lowest BCUT2D eigenvalue weighted by atomic mass is 9.79. The number of carbonyl (C=O) groups is 11. The molecule has 3 aromatic rings. The predicted molar refractivity (Wildman–Crippen MR) is 480 cm³/mol. The third-order valence-electron chi connectivity index (χ3n) is 23.8. The van der Waals surface area contributed by atoms with Crippen molar-refractivity contribution in [3.05, 3.63) is 95.6 Å². The third-order valence-corrected chi connectivity index (χ3v) is 23.8. The highest BCUT2D eigenvalue weighted by molar-refractivity contribution is 5.81. The van der Waals surface area contributed by atoms with Crippen molar-refractivity contribution in [2.24, 2.45) is 41.4 Å². The Balaban J connectivity index is 1.16. The monoisotopic (exact) mass is 1880 g/mol. The average Bonchev–Trinajstić information content (AvgIpc) is 0.750. The number of amides is 3. The van der Waals surface area contributed by atoms with Gasteiger partial charge in [-0.25, -0.2) is 0 Å². The SMILES string of the molecule is COc1ccc(C(OCC(CCCCNC(CCC(=O)OCCOCCOCCOC2OC(COC(C)=O)C(C)C(C)C2NC(C)=O)(CCC(=O)OCCOCCOCCOC2OC(COC(C)=O)C(C)C(C)C2NC(C)=O)CC(=O)OCCOCCOCCOC2OC(COC(C)=O)C(C)C(C)C2NC(C)=O)COC(=O)CCC(C)=O)(c2ccccc2)c2ccc(OC)cc2)cc1. The second-order valence-corrected chi connectivity index (χ2v) is 33.8. The van der Waals surface area contributed by atoms with Crippen LogP contribution < -0.4 is 30.7 Å². The van der Waals surface area contributed by atoms with E-state index < -0.39 is 114 Å². The van der Waals surface area contributed by atoms with Crippen molar-refractivity contribution < 1.29 is 157 Å². The van der Waals surface area contributed by atoms with Crippen LogP contribution in [-0.4, -0.2) is 299 Å². The molecule has 3 amide bonds. The van der Waals surface area contributed by atoms with Gasteiger partial charge in [-0.15, -0.1) is 0 Å². The molecule has 3 aromatic carbocycles. The van der Waals surface area contributed by atoms with Gasteiger partial charge in [-0.2, -0.15) is 0 Å². The Morgan fingerprint density at radius 3 is 1.05 bits per heavy atom. The van der Waals surface area contributed by atoms with E-state index >= 15 is 0 Å². The molecule has 37 heteroatoms. The molecule has 748 valence electrons. The zero-order chi connectivity index (χ0) is 97.1. The largest absolute Gasteiger partial charge is 0.497 e. The molecule has 133 heavy (non-hydrogen) atoms. The van der Waals surface area contributed by atoms with Gasteiger partial charge in [-0.1, -0.05) is 103 Å². The lowest BCUT2D eigenvalue weighted by Crippen LogP contribution is -2.58. The highest BCUT2D eigenvalue weighted by atomic mass is 16.7. The maximum Gasteiger partial charge on any atom is 0.307 e. The van der Waals surface area contributed by atoms with Crippen molar-refractivity contribution >= 4 is 65.3 Å². The van der Waals surface area contributed by atoms with Gasteiger partial charge in [-0.3, -0.25) is 47.9 Å². The van der Waals surface area contributed by atoms with Gasteiger partial charge >= 0.3 is 41.8 Å². The molecule has 4 N–H and O–H groups in total. The molecule has 3 heterocycles. The number of unbranched alkanes of at least 4 members (excludes halogenated alkanes) is 1. The molecule has 6 rings (SSSR count). The highest BCUT2D eigenvalue weighted by Crippen LogP contribution is 2.43. The normalized spacial score (nSPS) is 22.4. The minimum Gasteiger partial charge on any atom is -0.497 e. The third kappa shape index (κ3) is 41.3. The molecule has 3 aliphatic rings. The number of ketones is 1. The second-order valence-electron chi connectivity index (χ2n) is 33.8. The number of methoxy groups -OCH3 is 2. The first-order chi connectivity index (χ1) is 63.8. The summed E-state index contributed by atoms with van der Waals surface area (Å²) in [5.74, 6) is -4.49. The first kappa shape index (κ1) is 113. The predicted octanol–water partition coefficient (Wildman–Crippen LogP) is 7.96. The Morgan fingerprint density at radius 2 is 0.699 bits per heavy atom. The Morgan fingerprint density at radius 1 is 0.361 bits per heavy atom. The zero-order valence-electron chi connectivity index (χ0n) is 80.3. The van der Waals surface area contributed by atoms with Crippen molar-refractivity contribution in [3.8, 4) is 11.5 Å². The van der Waals surface area contributed by atoms with E-state index in [0.717, 1.165) is 16.7 Å². The molecule has 0 bridgehead atoms.